The number of carbonyl (C=O) groups excluding carboxylic acids is 1. The van der Waals surface area contributed by atoms with E-state index < -0.39 is 22.5 Å². The third kappa shape index (κ3) is 7.63. The Bertz CT molecular complexity index is 1190. The number of anilines is 1. The molecule has 3 aromatic rings. The number of halogens is 3. The minimum absolute atomic E-state index is 0.0519. The van der Waals surface area contributed by atoms with Crippen LogP contribution in [0.25, 0.3) is 0 Å². The molecule has 10 heteroatoms. The van der Waals surface area contributed by atoms with Crippen LogP contribution in [-0.2, 0) is 20.6 Å². The summed E-state index contributed by atoms with van der Waals surface area (Å²) in [7, 11) is -4.03. The highest BCUT2D eigenvalue weighted by Gasteiger charge is 2.27. The van der Waals surface area contributed by atoms with Crippen LogP contribution in [0, 0.1) is 5.82 Å². The van der Waals surface area contributed by atoms with Crippen LogP contribution in [0.1, 0.15) is 12.0 Å². The zero-order valence-corrected chi connectivity index (χ0v) is 21.2. The molecule has 0 radical (unpaired) electrons. The van der Waals surface area contributed by atoms with Gasteiger partial charge in [0.15, 0.2) is 0 Å². The van der Waals surface area contributed by atoms with Gasteiger partial charge in [0.05, 0.1) is 10.6 Å². The largest absolute Gasteiger partial charge is 0.354 e. The van der Waals surface area contributed by atoms with Gasteiger partial charge < -0.3 is 5.32 Å². The first-order chi connectivity index (χ1) is 16.3. The van der Waals surface area contributed by atoms with Crippen LogP contribution < -0.4 is 9.62 Å². The maximum Gasteiger partial charge on any atom is 0.264 e. The molecule has 3 rings (SSSR count). The van der Waals surface area contributed by atoms with Crippen molar-refractivity contribution in [2.75, 3.05) is 23.1 Å². The molecule has 5 nitrogen and oxygen atoms in total. The van der Waals surface area contributed by atoms with Gasteiger partial charge in [0, 0.05) is 22.3 Å². The topological polar surface area (TPSA) is 66.5 Å². The van der Waals surface area contributed by atoms with Gasteiger partial charge in [-0.05, 0) is 60.2 Å². The maximum absolute atomic E-state index is 13.3. The lowest BCUT2D eigenvalue weighted by Crippen LogP contribution is -2.41. The van der Waals surface area contributed by atoms with Crippen molar-refractivity contribution in [3.8, 4) is 0 Å². The summed E-state index contributed by atoms with van der Waals surface area (Å²) in [5.74, 6) is 0.819. The number of hydrogen-bond donors (Lipinski definition) is 1. The van der Waals surface area contributed by atoms with E-state index in [0.717, 1.165) is 21.4 Å². The van der Waals surface area contributed by atoms with Crippen LogP contribution in [0.5, 0.6) is 0 Å². The Hall–Kier alpha value is -2.26. The van der Waals surface area contributed by atoms with Crippen molar-refractivity contribution < 1.29 is 17.6 Å². The summed E-state index contributed by atoms with van der Waals surface area (Å²) in [6.45, 7) is -0.0264. The summed E-state index contributed by atoms with van der Waals surface area (Å²) in [5.41, 5.74) is 1.23. The highest BCUT2D eigenvalue weighted by Crippen LogP contribution is 2.29. The third-order valence-corrected chi connectivity index (χ3v) is 8.06. The second kappa shape index (κ2) is 12.4. The average Bonchev–Trinajstić information content (AvgIpc) is 2.80. The number of benzene rings is 3. The molecule has 34 heavy (non-hydrogen) atoms. The van der Waals surface area contributed by atoms with Gasteiger partial charge in [-0.2, -0.15) is 11.8 Å². The highest BCUT2D eigenvalue weighted by molar-refractivity contribution is 7.98. The fraction of sp³-hybridized carbons (Fsp3) is 0.208. The van der Waals surface area contributed by atoms with Crippen molar-refractivity contribution in [1.82, 2.24) is 5.32 Å². The lowest BCUT2D eigenvalue weighted by Gasteiger charge is -2.24. The minimum Gasteiger partial charge on any atom is -0.354 e. The molecule has 0 spiro atoms. The van der Waals surface area contributed by atoms with Crippen LogP contribution in [0.2, 0.25) is 10.0 Å². The molecular weight excluding hydrogens is 518 g/mol. The second-order valence-electron chi connectivity index (χ2n) is 7.33. The summed E-state index contributed by atoms with van der Waals surface area (Å²) in [6, 6.07) is 18.6. The lowest BCUT2D eigenvalue weighted by atomic mass is 10.2. The summed E-state index contributed by atoms with van der Waals surface area (Å²) < 4.78 is 40.5. The molecule has 0 saturated carbocycles. The highest BCUT2D eigenvalue weighted by atomic mass is 35.5. The van der Waals surface area contributed by atoms with Crippen molar-refractivity contribution in [3.63, 3.8) is 0 Å². The van der Waals surface area contributed by atoms with E-state index in [9.17, 15) is 17.6 Å². The fourth-order valence-electron chi connectivity index (χ4n) is 3.08. The smallest absolute Gasteiger partial charge is 0.264 e. The molecule has 0 fully saturated rings. The Morgan fingerprint density at radius 2 is 1.62 bits per heavy atom. The summed E-state index contributed by atoms with van der Waals surface area (Å²) in [5, 5.41) is 3.29. The standard InChI is InChI=1S/C24H23Cl2FN2O3S2/c25-19-13-20(26)15-22(14-19)29(34(31,32)23-5-2-1-3-6-23)16-24(30)28-11-4-12-33-17-18-7-9-21(27)10-8-18/h1-3,5-10,13-15H,4,11-12,16-17H2,(H,28,30). The lowest BCUT2D eigenvalue weighted by molar-refractivity contribution is -0.119. The molecule has 0 saturated heterocycles. The molecule has 0 bridgehead atoms. The molecule has 1 amide bonds. The first-order valence-electron chi connectivity index (χ1n) is 10.4. The molecule has 0 unspecified atom stereocenters. The quantitative estimate of drug-likeness (QED) is 0.313. The van der Waals surface area contributed by atoms with Crippen LogP contribution in [-0.4, -0.2) is 33.2 Å². The number of amides is 1. The Kier molecular flexibility index (Phi) is 9.64. The first kappa shape index (κ1) is 26.3. The van der Waals surface area contributed by atoms with Crippen molar-refractivity contribution in [2.24, 2.45) is 0 Å². The van der Waals surface area contributed by atoms with Crippen LogP contribution in [0.3, 0.4) is 0 Å². The Balaban J connectivity index is 1.60. The Morgan fingerprint density at radius 3 is 2.26 bits per heavy atom. The predicted octanol–water partition coefficient (Wildman–Crippen LogP) is 5.77. The molecule has 0 aromatic heterocycles. The van der Waals surface area contributed by atoms with Crippen LogP contribution in [0.4, 0.5) is 10.1 Å². The number of nitrogens with zero attached hydrogens (tertiary/aromatic N) is 1. The summed E-state index contributed by atoms with van der Waals surface area (Å²) in [6.07, 6.45) is 0.700. The van der Waals surface area contributed by atoms with Crippen molar-refractivity contribution >= 4 is 56.6 Å². The average molecular weight is 541 g/mol. The molecule has 0 aliphatic heterocycles. The van der Waals surface area contributed by atoms with Gasteiger partial charge in [-0.1, -0.05) is 53.5 Å². The number of thioether (sulfide) groups is 1. The van der Waals surface area contributed by atoms with E-state index in [1.807, 2.05) is 0 Å². The molecular formula is C24H23Cl2FN2O3S2. The van der Waals surface area contributed by atoms with Crippen molar-refractivity contribution in [3.05, 3.63) is 94.2 Å². The van der Waals surface area contributed by atoms with Gasteiger partial charge in [0.2, 0.25) is 5.91 Å². The molecule has 180 valence electrons. The Morgan fingerprint density at radius 1 is 0.971 bits per heavy atom. The summed E-state index contributed by atoms with van der Waals surface area (Å²) >= 11 is 13.8. The van der Waals surface area contributed by atoms with Gasteiger partial charge >= 0.3 is 0 Å². The van der Waals surface area contributed by atoms with E-state index in [0.29, 0.717) is 13.0 Å². The number of carbonyl (C=O) groups is 1. The monoisotopic (exact) mass is 540 g/mol. The molecule has 0 atom stereocenters. The summed E-state index contributed by atoms with van der Waals surface area (Å²) in [4.78, 5) is 12.7. The van der Waals surface area contributed by atoms with Crippen molar-refractivity contribution in [2.45, 2.75) is 17.1 Å². The van der Waals surface area contributed by atoms with Gasteiger partial charge in [-0.15, -0.1) is 0 Å². The number of hydrogen-bond acceptors (Lipinski definition) is 4. The maximum atomic E-state index is 13.3. The van der Waals surface area contributed by atoms with Crippen LogP contribution in [0.15, 0.2) is 77.7 Å². The second-order valence-corrected chi connectivity index (χ2v) is 11.2. The molecule has 1 N–H and O–H groups in total. The predicted molar refractivity (Wildman–Crippen MR) is 138 cm³/mol. The zero-order chi connectivity index (χ0) is 24.6. The van der Waals surface area contributed by atoms with E-state index in [4.69, 9.17) is 23.2 Å². The van der Waals surface area contributed by atoms with E-state index >= 15 is 0 Å². The zero-order valence-electron chi connectivity index (χ0n) is 18.1. The number of nitrogens with one attached hydrogen (secondary N) is 1. The molecule has 3 aromatic carbocycles. The Labute approximate surface area is 213 Å². The van der Waals surface area contributed by atoms with E-state index in [-0.39, 0.29) is 26.4 Å². The molecule has 0 heterocycles. The molecule has 0 aliphatic rings. The van der Waals surface area contributed by atoms with Gasteiger partial charge in [0.1, 0.15) is 12.4 Å². The fourth-order valence-corrected chi connectivity index (χ4v) is 5.94. The van der Waals surface area contributed by atoms with E-state index in [1.54, 1.807) is 42.1 Å². The van der Waals surface area contributed by atoms with Gasteiger partial charge in [0.25, 0.3) is 10.0 Å². The van der Waals surface area contributed by atoms with Crippen LogP contribution >= 0.6 is 35.0 Å². The van der Waals surface area contributed by atoms with E-state index in [1.165, 1.54) is 42.5 Å². The van der Waals surface area contributed by atoms with E-state index in [2.05, 4.69) is 5.32 Å². The third-order valence-electron chi connectivity index (χ3n) is 4.72. The first-order valence-corrected chi connectivity index (χ1v) is 13.7. The van der Waals surface area contributed by atoms with Gasteiger partial charge in [-0.25, -0.2) is 12.8 Å². The minimum atomic E-state index is -4.03. The molecule has 0 aliphatic carbocycles. The normalized spacial score (nSPS) is 11.3. The number of sulfonamides is 1. The SMILES string of the molecule is O=C(CN(c1cc(Cl)cc(Cl)c1)S(=O)(=O)c1ccccc1)NCCCSCc1ccc(F)cc1. The van der Waals surface area contributed by atoms with Gasteiger partial charge in [-0.3, -0.25) is 9.10 Å². The van der Waals surface area contributed by atoms with Crippen molar-refractivity contribution in [1.29, 1.82) is 0 Å². The number of rotatable bonds is 11.